The fourth-order valence-electron chi connectivity index (χ4n) is 3.25. The highest BCUT2D eigenvalue weighted by Crippen LogP contribution is 2.34. The van der Waals surface area contributed by atoms with Gasteiger partial charge in [-0.3, -0.25) is 14.4 Å². The lowest BCUT2D eigenvalue weighted by molar-refractivity contribution is -0.120. The topological polar surface area (TPSA) is 78.5 Å². The van der Waals surface area contributed by atoms with Gasteiger partial charge in [0.15, 0.2) is 0 Å². The second-order valence-electron chi connectivity index (χ2n) is 7.18. The number of amides is 3. The van der Waals surface area contributed by atoms with Gasteiger partial charge in [0.1, 0.15) is 10.7 Å². The molecule has 0 fully saturated rings. The second kappa shape index (κ2) is 9.54. The first-order valence-corrected chi connectivity index (χ1v) is 11.6. The van der Waals surface area contributed by atoms with Crippen LogP contribution in [0.25, 0.3) is 0 Å². The van der Waals surface area contributed by atoms with Crippen molar-refractivity contribution in [2.75, 3.05) is 15.5 Å². The molecule has 33 heavy (non-hydrogen) atoms. The van der Waals surface area contributed by atoms with Gasteiger partial charge in [0.2, 0.25) is 0 Å². The summed E-state index contributed by atoms with van der Waals surface area (Å²) in [7, 11) is 0. The molecule has 0 aliphatic carbocycles. The van der Waals surface area contributed by atoms with E-state index in [2.05, 4.69) is 33.2 Å². The number of anilines is 3. The maximum Gasteiger partial charge on any atom is 0.283 e. The number of nitrogens with one attached hydrogen (secondary N) is 2. The zero-order valence-electron chi connectivity index (χ0n) is 17.2. The molecule has 0 radical (unpaired) electrons. The molecule has 166 valence electrons. The molecule has 0 spiro atoms. The van der Waals surface area contributed by atoms with Crippen molar-refractivity contribution in [3.8, 4) is 0 Å². The van der Waals surface area contributed by atoms with Gasteiger partial charge in [0.05, 0.1) is 5.69 Å². The van der Waals surface area contributed by atoms with Crippen LogP contribution in [-0.4, -0.2) is 17.7 Å². The number of halogens is 3. The lowest BCUT2D eigenvalue weighted by Gasteiger charge is -2.18. The summed E-state index contributed by atoms with van der Waals surface area (Å²) in [6.07, 6.45) is 0. The molecule has 3 amide bonds. The predicted octanol–water partition coefficient (Wildman–Crippen LogP) is 5.94. The van der Waals surface area contributed by atoms with Crippen LogP contribution in [0.1, 0.15) is 15.9 Å². The van der Waals surface area contributed by atoms with Crippen LogP contribution >= 0.6 is 45.8 Å². The first kappa shape index (κ1) is 23.3. The Morgan fingerprint density at radius 2 is 1.52 bits per heavy atom. The average Bonchev–Trinajstić information content (AvgIpc) is 3.01. The molecule has 0 aromatic heterocycles. The van der Waals surface area contributed by atoms with E-state index in [1.165, 1.54) is 0 Å². The van der Waals surface area contributed by atoms with Gasteiger partial charge in [0, 0.05) is 25.5 Å². The summed E-state index contributed by atoms with van der Waals surface area (Å²) in [6.45, 7) is 1.72. The van der Waals surface area contributed by atoms with Crippen LogP contribution in [0.15, 0.2) is 77.5 Å². The third kappa shape index (κ3) is 4.75. The smallest absolute Gasteiger partial charge is 0.283 e. The van der Waals surface area contributed by atoms with Crippen molar-refractivity contribution in [3.63, 3.8) is 0 Å². The highest BCUT2D eigenvalue weighted by atomic mass is 127. The van der Waals surface area contributed by atoms with Gasteiger partial charge in [-0.05, 0) is 95.7 Å². The van der Waals surface area contributed by atoms with Crippen LogP contribution < -0.4 is 15.5 Å². The summed E-state index contributed by atoms with van der Waals surface area (Å²) in [4.78, 5) is 39.2. The lowest BCUT2D eigenvalue weighted by atomic mass is 10.1. The zero-order valence-corrected chi connectivity index (χ0v) is 20.8. The van der Waals surface area contributed by atoms with E-state index in [-0.39, 0.29) is 16.6 Å². The molecule has 0 saturated carbocycles. The minimum atomic E-state index is -0.636. The van der Waals surface area contributed by atoms with E-state index in [9.17, 15) is 14.4 Å². The first-order chi connectivity index (χ1) is 15.8. The van der Waals surface area contributed by atoms with E-state index in [1.54, 1.807) is 49.4 Å². The largest absolute Gasteiger partial charge is 0.350 e. The van der Waals surface area contributed by atoms with Crippen molar-refractivity contribution in [2.24, 2.45) is 0 Å². The maximum atomic E-state index is 13.0. The minimum absolute atomic E-state index is 0.0443. The molecular weight excluding hydrogens is 576 g/mol. The van der Waals surface area contributed by atoms with Gasteiger partial charge < -0.3 is 10.6 Å². The predicted molar refractivity (Wildman–Crippen MR) is 139 cm³/mol. The summed E-state index contributed by atoms with van der Waals surface area (Å²) in [5, 5.41) is 5.93. The maximum absolute atomic E-state index is 13.0. The lowest BCUT2D eigenvalue weighted by Crippen LogP contribution is -2.32. The normalized spacial score (nSPS) is 13.5. The number of carbonyl (C=O) groups excluding carboxylic acids is 3. The second-order valence-corrected chi connectivity index (χ2v) is 9.21. The van der Waals surface area contributed by atoms with E-state index in [0.29, 0.717) is 33.2 Å². The van der Waals surface area contributed by atoms with Crippen molar-refractivity contribution in [1.82, 2.24) is 0 Å². The Kier molecular flexibility index (Phi) is 6.73. The van der Waals surface area contributed by atoms with E-state index in [1.807, 2.05) is 24.3 Å². The van der Waals surface area contributed by atoms with E-state index < -0.39 is 11.8 Å². The molecule has 2 N–H and O–H groups in total. The molecule has 6 nitrogen and oxygen atoms in total. The van der Waals surface area contributed by atoms with Crippen LogP contribution in [0.4, 0.5) is 17.1 Å². The fourth-order valence-corrected chi connectivity index (χ4v) is 4.00. The Hall–Kier alpha value is -2.88. The Labute approximate surface area is 213 Å². The van der Waals surface area contributed by atoms with Crippen molar-refractivity contribution in [1.29, 1.82) is 0 Å². The number of nitrogens with zero attached hydrogens (tertiary/aromatic N) is 1. The van der Waals surface area contributed by atoms with Crippen molar-refractivity contribution < 1.29 is 14.4 Å². The summed E-state index contributed by atoms with van der Waals surface area (Å²) in [5.74, 6) is -1.49. The van der Waals surface area contributed by atoms with Crippen molar-refractivity contribution in [3.05, 3.63) is 97.2 Å². The van der Waals surface area contributed by atoms with Crippen LogP contribution in [0.5, 0.6) is 0 Å². The first-order valence-electron chi connectivity index (χ1n) is 9.74. The van der Waals surface area contributed by atoms with Crippen LogP contribution in [0.2, 0.25) is 5.02 Å². The Morgan fingerprint density at radius 3 is 2.18 bits per heavy atom. The summed E-state index contributed by atoms with van der Waals surface area (Å²) in [6, 6.07) is 18.9. The number of hydrogen-bond donors (Lipinski definition) is 2. The van der Waals surface area contributed by atoms with Gasteiger partial charge >= 0.3 is 0 Å². The summed E-state index contributed by atoms with van der Waals surface area (Å²) in [5.41, 5.74) is 2.54. The Bertz CT molecular complexity index is 1310. The molecule has 3 aromatic rings. The van der Waals surface area contributed by atoms with Crippen LogP contribution in [0, 0.1) is 10.5 Å². The quantitative estimate of drug-likeness (QED) is 0.284. The average molecular weight is 592 g/mol. The van der Waals surface area contributed by atoms with Crippen LogP contribution in [-0.2, 0) is 9.59 Å². The molecule has 3 aromatic carbocycles. The zero-order chi connectivity index (χ0) is 23.7. The van der Waals surface area contributed by atoms with Gasteiger partial charge in [0.25, 0.3) is 17.7 Å². The number of carbonyl (C=O) groups is 3. The number of benzene rings is 3. The highest BCUT2D eigenvalue weighted by Gasteiger charge is 2.39. The summed E-state index contributed by atoms with van der Waals surface area (Å²) >= 11 is 14.5. The minimum Gasteiger partial charge on any atom is -0.350 e. The third-order valence-corrected chi connectivity index (χ3v) is 6.51. The molecule has 1 aliphatic heterocycles. The number of rotatable bonds is 5. The van der Waals surface area contributed by atoms with Crippen LogP contribution in [0.3, 0.4) is 0 Å². The molecule has 0 atom stereocenters. The molecular formula is C24H16Cl2IN3O3. The molecule has 1 heterocycles. The van der Waals surface area contributed by atoms with Gasteiger partial charge in [-0.15, -0.1) is 0 Å². The molecule has 0 unspecified atom stereocenters. The monoisotopic (exact) mass is 591 g/mol. The SMILES string of the molecule is Cc1c(Cl)cccc1N1C(=O)C(Cl)=C(Nc2ccc(C(=O)Nc3ccc(I)cc3)cc2)C1=O. The third-order valence-electron chi connectivity index (χ3n) is 5.03. The van der Waals surface area contributed by atoms with Gasteiger partial charge in [-0.1, -0.05) is 29.3 Å². The van der Waals surface area contributed by atoms with E-state index >= 15 is 0 Å². The molecule has 0 bridgehead atoms. The highest BCUT2D eigenvalue weighted by molar-refractivity contribution is 14.1. The van der Waals surface area contributed by atoms with E-state index in [0.717, 1.165) is 8.47 Å². The fraction of sp³-hybridized carbons (Fsp3) is 0.0417. The molecule has 9 heteroatoms. The molecule has 0 saturated heterocycles. The number of imide groups is 1. The standard InChI is InChI=1S/C24H16Cl2IN3O3/c1-13-18(25)3-2-4-19(13)30-23(32)20(26)21(24(30)33)28-16-9-5-14(6-10-16)22(31)29-17-11-7-15(27)8-12-17/h2-12,28H,1H3,(H,29,31). The summed E-state index contributed by atoms with van der Waals surface area (Å²) < 4.78 is 1.07. The van der Waals surface area contributed by atoms with E-state index in [4.69, 9.17) is 23.2 Å². The van der Waals surface area contributed by atoms with Gasteiger partial charge in [-0.2, -0.15) is 0 Å². The van der Waals surface area contributed by atoms with Crippen molar-refractivity contribution >= 4 is 80.6 Å². The molecule has 4 rings (SSSR count). The Balaban J connectivity index is 1.50. The number of hydrogen-bond acceptors (Lipinski definition) is 4. The van der Waals surface area contributed by atoms with Crippen molar-refractivity contribution in [2.45, 2.75) is 6.92 Å². The molecule has 1 aliphatic rings. The van der Waals surface area contributed by atoms with Gasteiger partial charge in [-0.25, -0.2) is 4.90 Å². The Morgan fingerprint density at radius 1 is 0.879 bits per heavy atom.